The van der Waals surface area contributed by atoms with E-state index in [2.05, 4.69) is 47.8 Å². The molecule has 3 aromatic rings. The second-order valence-corrected chi connectivity index (χ2v) is 11.7. The highest BCUT2D eigenvalue weighted by molar-refractivity contribution is 7.99. The number of ether oxygens (including phenoxy) is 1. The van der Waals surface area contributed by atoms with E-state index in [0.29, 0.717) is 28.4 Å². The van der Waals surface area contributed by atoms with Crippen LogP contribution in [0.25, 0.3) is 11.1 Å². The minimum atomic E-state index is -0.0235. The van der Waals surface area contributed by atoms with E-state index < -0.39 is 0 Å². The lowest BCUT2D eigenvalue weighted by Crippen LogP contribution is -2.49. The lowest BCUT2D eigenvalue weighted by atomic mass is 9.92. The van der Waals surface area contributed by atoms with Crippen LogP contribution in [0.15, 0.2) is 40.0 Å². The van der Waals surface area contributed by atoms with E-state index in [1.54, 1.807) is 24.9 Å². The van der Waals surface area contributed by atoms with E-state index in [0.717, 1.165) is 61.0 Å². The maximum atomic E-state index is 13.1. The fourth-order valence-electron chi connectivity index (χ4n) is 4.91. The molecule has 0 aliphatic carbocycles. The molecule has 1 amide bonds. The Hall–Kier alpha value is -2.88. The monoisotopic (exact) mass is 552 g/mol. The molecule has 1 aliphatic heterocycles. The Kier molecular flexibility index (Phi) is 9.69. The van der Waals surface area contributed by atoms with Crippen molar-refractivity contribution in [3.05, 3.63) is 47.0 Å². The number of fused-ring (bicyclic) bond motifs is 1. The van der Waals surface area contributed by atoms with Gasteiger partial charge in [-0.3, -0.25) is 19.4 Å². The standard InChI is InChI=1S/C30H40N4O4S/c1-19(2)24-16-22(37-6)17-25(20(3)4)28(24)32-27(36)18-34-12-10-33(11-13-34)14-15-39-30-31-26-9-7-8-23(21(5)35)29(26)38-30/h7-9,16-17,19-20H,10-15,18H2,1-6H3,(H,32,36). The Bertz CT molecular complexity index is 1280. The number of hydrogen-bond acceptors (Lipinski definition) is 8. The number of nitrogens with one attached hydrogen (secondary N) is 1. The van der Waals surface area contributed by atoms with Crippen molar-refractivity contribution in [1.29, 1.82) is 0 Å². The summed E-state index contributed by atoms with van der Waals surface area (Å²) in [6.07, 6.45) is 0. The number of hydrogen-bond donors (Lipinski definition) is 1. The van der Waals surface area contributed by atoms with Crippen LogP contribution < -0.4 is 10.1 Å². The van der Waals surface area contributed by atoms with Crippen LogP contribution in [-0.4, -0.2) is 78.6 Å². The lowest BCUT2D eigenvalue weighted by molar-refractivity contribution is -0.117. The summed E-state index contributed by atoms with van der Waals surface area (Å²) in [5.41, 5.74) is 4.98. The van der Waals surface area contributed by atoms with Crippen LogP contribution in [0.2, 0.25) is 0 Å². The summed E-state index contributed by atoms with van der Waals surface area (Å²) < 4.78 is 11.4. The predicted molar refractivity (Wildman–Crippen MR) is 157 cm³/mol. The number of piperazine rings is 1. The molecular weight excluding hydrogens is 512 g/mol. The summed E-state index contributed by atoms with van der Waals surface area (Å²) in [5, 5.41) is 3.83. The van der Waals surface area contributed by atoms with Crippen LogP contribution in [0.3, 0.4) is 0 Å². The van der Waals surface area contributed by atoms with Gasteiger partial charge in [-0.15, -0.1) is 0 Å². The first kappa shape index (κ1) is 29.1. The topological polar surface area (TPSA) is 87.9 Å². The van der Waals surface area contributed by atoms with E-state index >= 15 is 0 Å². The highest BCUT2D eigenvalue weighted by atomic mass is 32.2. The molecule has 0 spiro atoms. The molecule has 0 radical (unpaired) electrons. The van der Waals surface area contributed by atoms with Crippen LogP contribution in [0.4, 0.5) is 5.69 Å². The molecule has 2 aromatic carbocycles. The van der Waals surface area contributed by atoms with Gasteiger partial charge in [-0.25, -0.2) is 4.98 Å². The number of thioether (sulfide) groups is 1. The Morgan fingerprint density at radius 1 is 1.05 bits per heavy atom. The van der Waals surface area contributed by atoms with Crippen molar-refractivity contribution < 1.29 is 18.7 Å². The van der Waals surface area contributed by atoms with Gasteiger partial charge in [0.1, 0.15) is 11.3 Å². The van der Waals surface area contributed by atoms with E-state index in [9.17, 15) is 9.59 Å². The van der Waals surface area contributed by atoms with E-state index in [1.165, 1.54) is 6.92 Å². The normalized spacial score (nSPS) is 14.9. The summed E-state index contributed by atoms with van der Waals surface area (Å²) >= 11 is 1.57. The molecule has 210 valence electrons. The van der Waals surface area contributed by atoms with Gasteiger partial charge >= 0.3 is 0 Å². The average Bonchev–Trinajstić information content (AvgIpc) is 3.32. The van der Waals surface area contributed by atoms with Crippen molar-refractivity contribution in [2.24, 2.45) is 0 Å². The Morgan fingerprint density at radius 2 is 1.69 bits per heavy atom. The second kappa shape index (κ2) is 13.0. The average molecular weight is 553 g/mol. The van der Waals surface area contributed by atoms with Gasteiger partial charge in [0.05, 0.1) is 19.2 Å². The molecule has 1 N–H and O–H groups in total. The number of para-hydroxylation sites is 1. The number of carbonyl (C=O) groups is 2. The van der Waals surface area contributed by atoms with Crippen LogP contribution in [0.1, 0.15) is 67.9 Å². The number of anilines is 1. The third-order valence-electron chi connectivity index (χ3n) is 7.16. The lowest BCUT2D eigenvalue weighted by Gasteiger charge is -2.34. The molecule has 0 atom stereocenters. The SMILES string of the molecule is COc1cc(C(C)C)c(NC(=O)CN2CCN(CCSc3nc4cccc(C(C)=O)c4o3)CC2)c(C(C)C)c1. The van der Waals surface area contributed by atoms with Crippen LogP contribution in [-0.2, 0) is 4.79 Å². The first-order valence-electron chi connectivity index (χ1n) is 13.7. The molecule has 4 rings (SSSR count). The molecule has 1 fully saturated rings. The largest absolute Gasteiger partial charge is 0.497 e. The third kappa shape index (κ3) is 7.21. The number of aromatic nitrogens is 1. The van der Waals surface area contributed by atoms with E-state index in [1.807, 2.05) is 24.3 Å². The van der Waals surface area contributed by atoms with Gasteiger partial charge in [0.15, 0.2) is 11.4 Å². The van der Waals surface area contributed by atoms with Crippen LogP contribution in [0.5, 0.6) is 5.75 Å². The Balaban J connectivity index is 1.27. The van der Waals surface area contributed by atoms with Gasteiger partial charge in [-0.2, -0.15) is 0 Å². The van der Waals surface area contributed by atoms with Crippen LogP contribution >= 0.6 is 11.8 Å². The number of ketones is 1. The maximum Gasteiger partial charge on any atom is 0.256 e. The highest BCUT2D eigenvalue weighted by Gasteiger charge is 2.22. The number of carbonyl (C=O) groups excluding carboxylic acids is 2. The molecule has 0 unspecified atom stereocenters. The fraction of sp³-hybridized carbons (Fsp3) is 0.500. The van der Waals surface area contributed by atoms with Crippen molar-refractivity contribution in [2.75, 3.05) is 57.4 Å². The number of amides is 1. The first-order valence-corrected chi connectivity index (χ1v) is 14.6. The van der Waals surface area contributed by atoms with Gasteiger partial charge < -0.3 is 14.5 Å². The van der Waals surface area contributed by atoms with Crippen LogP contribution in [0, 0.1) is 0 Å². The molecular formula is C30H40N4O4S. The zero-order chi connectivity index (χ0) is 28.1. The second-order valence-electron chi connectivity index (χ2n) is 10.7. The van der Waals surface area contributed by atoms with E-state index in [-0.39, 0.29) is 23.5 Å². The molecule has 9 heteroatoms. The van der Waals surface area contributed by atoms with Gasteiger partial charge in [0.2, 0.25) is 5.91 Å². The highest BCUT2D eigenvalue weighted by Crippen LogP contribution is 2.36. The number of methoxy groups -OCH3 is 1. The molecule has 0 saturated carbocycles. The van der Waals surface area contributed by atoms with Crippen molar-refractivity contribution in [1.82, 2.24) is 14.8 Å². The molecule has 1 saturated heterocycles. The Labute approximate surface area is 235 Å². The van der Waals surface area contributed by atoms with Gasteiger partial charge in [-0.1, -0.05) is 45.5 Å². The minimum absolute atomic E-state index is 0.0221. The fourth-order valence-corrected chi connectivity index (χ4v) is 5.74. The number of oxazole rings is 1. The summed E-state index contributed by atoms with van der Waals surface area (Å²) in [5.74, 6) is 2.20. The minimum Gasteiger partial charge on any atom is -0.497 e. The van der Waals surface area contributed by atoms with Crippen molar-refractivity contribution in [3.8, 4) is 5.75 Å². The van der Waals surface area contributed by atoms with Gasteiger partial charge in [-0.05, 0) is 54.2 Å². The van der Waals surface area contributed by atoms with Crippen molar-refractivity contribution in [2.45, 2.75) is 51.7 Å². The summed E-state index contributed by atoms with van der Waals surface area (Å²) in [4.78, 5) is 34.1. The summed E-state index contributed by atoms with van der Waals surface area (Å²) in [6, 6.07) is 9.54. The predicted octanol–water partition coefficient (Wildman–Crippen LogP) is 5.63. The number of rotatable bonds is 11. The first-order chi connectivity index (χ1) is 18.7. The number of nitrogens with zero attached hydrogens (tertiary/aromatic N) is 3. The summed E-state index contributed by atoms with van der Waals surface area (Å²) in [6.45, 7) is 14.9. The third-order valence-corrected chi connectivity index (χ3v) is 7.97. The summed E-state index contributed by atoms with van der Waals surface area (Å²) in [7, 11) is 1.68. The molecule has 8 nitrogen and oxygen atoms in total. The maximum absolute atomic E-state index is 13.1. The number of benzene rings is 2. The smallest absolute Gasteiger partial charge is 0.256 e. The molecule has 1 aromatic heterocycles. The zero-order valence-electron chi connectivity index (χ0n) is 23.9. The van der Waals surface area contributed by atoms with E-state index in [4.69, 9.17) is 9.15 Å². The zero-order valence-corrected chi connectivity index (χ0v) is 24.7. The Morgan fingerprint density at radius 3 is 2.28 bits per heavy atom. The molecule has 0 bridgehead atoms. The quantitative estimate of drug-likeness (QED) is 0.242. The van der Waals surface area contributed by atoms with Gasteiger partial charge in [0, 0.05) is 44.2 Å². The van der Waals surface area contributed by atoms with Gasteiger partial charge in [0.25, 0.3) is 5.22 Å². The molecule has 39 heavy (non-hydrogen) atoms. The van der Waals surface area contributed by atoms with Crippen molar-refractivity contribution in [3.63, 3.8) is 0 Å². The van der Waals surface area contributed by atoms with Crippen molar-refractivity contribution >= 4 is 40.2 Å². The molecule has 1 aliphatic rings. The number of Topliss-reactive ketones (excluding diaryl/α,β-unsaturated/α-hetero) is 1. The molecule has 2 heterocycles.